The summed E-state index contributed by atoms with van der Waals surface area (Å²) in [7, 11) is 0. The Kier molecular flexibility index (Phi) is 5.04. The van der Waals surface area contributed by atoms with E-state index in [2.05, 4.69) is 27.3 Å². The number of aromatic nitrogens is 2. The van der Waals surface area contributed by atoms with Crippen LogP contribution < -0.4 is 5.32 Å². The molecule has 2 aliphatic rings. The van der Waals surface area contributed by atoms with Gasteiger partial charge in [0.15, 0.2) is 5.82 Å². The van der Waals surface area contributed by atoms with Gasteiger partial charge < -0.3 is 14.6 Å². The summed E-state index contributed by atoms with van der Waals surface area (Å²) >= 11 is 0. The van der Waals surface area contributed by atoms with Crippen LogP contribution >= 0.6 is 0 Å². The van der Waals surface area contributed by atoms with E-state index in [1.807, 2.05) is 0 Å². The van der Waals surface area contributed by atoms with E-state index in [1.54, 1.807) is 0 Å². The molecule has 0 aromatic carbocycles. The number of ether oxygens (including phenoxy) is 1. The normalized spacial score (nSPS) is 24.4. The standard InChI is InChI=1S/C15H24N4O3/c1-2-3-12-14(20)16-6-7-19(12)10-13-17-15(22-18-13)11-4-8-21-9-5-11/h11-12H,2-10H2,1H3,(H,16,20). The Hall–Kier alpha value is -1.47. The van der Waals surface area contributed by atoms with E-state index in [9.17, 15) is 4.79 Å². The highest BCUT2D eigenvalue weighted by Gasteiger charge is 2.30. The molecule has 0 spiro atoms. The molecule has 122 valence electrons. The van der Waals surface area contributed by atoms with E-state index in [0.29, 0.717) is 30.7 Å². The highest BCUT2D eigenvalue weighted by Crippen LogP contribution is 2.25. The molecule has 3 heterocycles. The van der Waals surface area contributed by atoms with Crippen LogP contribution in [-0.2, 0) is 16.1 Å². The summed E-state index contributed by atoms with van der Waals surface area (Å²) in [6, 6.07) is -0.0798. The third-order valence-corrected chi connectivity index (χ3v) is 4.40. The Balaban J connectivity index is 1.64. The number of amides is 1. The van der Waals surface area contributed by atoms with Crippen LogP contribution in [0.1, 0.15) is 50.2 Å². The first-order valence-electron chi connectivity index (χ1n) is 8.20. The van der Waals surface area contributed by atoms with Crippen molar-refractivity contribution in [1.82, 2.24) is 20.4 Å². The van der Waals surface area contributed by atoms with Gasteiger partial charge in [-0.15, -0.1) is 0 Å². The topological polar surface area (TPSA) is 80.5 Å². The van der Waals surface area contributed by atoms with E-state index >= 15 is 0 Å². The molecule has 1 aromatic rings. The fourth-order valence-electron chi connectivity index (χ4n) is 3.16. The lowest BCUT2D eigenvalue weighted by molar-refractivity contribution is -0.129. The smallest absolute Gasteiger partial charge is 0.237 e. The van der Waals surface area contributed by atoms with Gasteiger partial charge in [-0.25, -0.2) is 0 Å². The van der Waals surface area contributed by atoms with Crippen molar-refractivity contribution in [2.24, 2.45) is 0 Å². The number of carbonyl (C=O) groups excluding carboxylic acids is 1. The maximum atomic E-state index is 12.0. The first-order valence-corrected chi connectivity index (χ1v) is 8.20. The summed E-state index contributed by atoms with van der Waals surface area (Å²) in [6.45, 7) is 5.70. The molecule has 0 bridgehead atoms. The molecular weight excluding hydrogens is 284 g/mol. The molecule has 22 heavy (non-hydrogen) atoms. The van der Waals surface area contributed by atoms with Gasteiger partial charge in [-0.05, 0) is 19.3 Å². The zero-order valence-corrected chi connectivity index (χ0v) is 13.1. The van der Waals surface area contributed by atoms with Gasteiger partial charge in [-0.2, -0.15) is 4.98 Å². The van der Waals surface area contributed by atoms with Crippen LogP contribution in [0.2, 0.25) is 0 Å². The summed E-state index contributed by atoms with van der Waals surface area (Å²) in [6.07, 6.45) is 3.71. The molecule has 1 aromatic heterocycles. The van der Waals surface area contributed by atoms with Gasteiger partial charge in [0.1, 0.15) is 0 Å². The lowest BCUT2D eigenvalue weighted by atomic mass is 10.0. The average molecular weight is 308 g/mol. The minimum absolute atomic E-state index is 0.0798. The van der Waals surface area contributed by atoms with Crippen molar-refractivity contribution in [2.45, 2.75) is 51.1 Å². The van der Waals surface area contributed by atoms with E-state index < -0.39 is 0 Å². The average Bonchev–Trinajstić information content (AvgIpc) is 3.00. The van der Waals surface area contributed by atoms with Gasteiger partial charge >= 0.3 is 0 Å². The molecule has 2 aliphatic heterocycles. The first kappa shape index (κ1) is 15.4. The third kappa shape index (κ3) is 3.47. The van der Waals surface area contributed by atoms with E-state index in [4.69, 9.17) is 9.26 Å². The summed E-state index contributed by atoms with van der Waals surface area (Å²) in [4.78, 5) is 18.7. The minimum Gasteiger partial charge on any atom is -0.381 e. The Labute approximate surface area is 130 Å². The second-order valence-corrected chi connectivity index (χ2v) is 6.00. The highest BCUT2D eigenvalue weighted by atomic mass is 16.5. The Morgan fingerprint density at radius 1 is 1.36 bits per heavy atom. The number of nitrogens with zero attached hydrogens (tertiary/aromatic N) is 3. The van der Waals surface area contributed by atoms with Crippen molar-refractivity contribution in [2.75, 3.05) is 26.3 Å². The maximum Gasteiger partial charge on any atom is 0.237 e. The van der Waals surface area contributed by atoms with Crippen molar-refractivity contribution in [3.05, 3.63) is 11.7 Å². The van der Waals surface area contributed by atoms with Gasteiger partial charge in [-0.1, -0.05) is 18.5 Å². The molecule has 7 heteroatoms. The van der Waals surface area contributed by atoms with Crippen molar-refractivity contribution < 1.29 is 14.1 Å². The molecule has 1 atom stereocenters. The molecule has 1 unspecified atom stereocenters. The van der Waals surface area contributed by atoms with Gasteiger partial charge in [0.05, 0.1) is 12.6 Å². The zero-order chi connectivity index (χ0) is 15.4. The molecule has 0 aliphatic carbocycles. The van der Waals surface area contributed by atoms with Crippen LogP contribution in [-0.4, -0.2) is 53.3 Å². The van der Waals surface area contributed by atoms with Crippen LogP contribution in [0.3, 0.4) is 0 Å². The molecule has 1 amide bonds. The van der Waals surface area contributed by atoms with Gasteiger partial charge in [-0.3, -0.25) is 9.69 Å². The van der Waals surface area contributed by atoms with Gasteiger partial charge in [0.2, 0.25) is 11.8 Å². The molecule has 2 fully saturated rings. The molecule has 3 rings (SSSR count). The second kappa shape index (κ2) is 7.19. The number of hydrogen-bond acceptors (Lipinski definition) is 6. The summed E-state index contributed by atoms with van der Waals surface area (Å²) < 4.78 is 10.8. The summed E-state index contributed by atoms with van der Waals surface area (Å²) in [5.41, 5.74) is 0. The lowest BCUT2D eigenvalue weighted by Gasteiger charge is -2.33. The van der Waals surface area contributed by atoms with Crippen molar-refractivity contribution in [3.63, 3.8) is 0 Å². The number of piperazine rings is 1. The number of carbonyl (C=O) groups is 1. The van der Waals surface area contributed by atoms with E-state index in [0.717, 1.165) is 45.4 Å². The quantitative estimate of drug-likeness (QED) is 0.876. The minimum atomic E-state index is -0.0798. The van der Waals surface area contributed by atoms with Crippen molar-refractivity contribution >= 4 is 5.91 Å². The van der Waals surface area contributed by atoms with Crippen molar-refractivity contribution in [1.29, 1.82) is 0 Å². The van der Waals surface area contributed by atoms with E-state index in [1.165, 1.54) is 0 Å². The van der Waals surface area contributed by atoms with Gasteiger partial charge in [0, 0.05) is 32.2 Å². The lowest BCUT2D eigenvalue weighted by Crippen LogP contribution is -2.54. The van der Waals surface area contributed by atoms with Crippen LogP contribution in [0, 0.1) is 0 Å². The maximum absolute atomic E-state index is 12.0. The summed E-state index contributed by atoms with van der Waals surface area (Å²) in [5.74, 6) is 1.82. The molecule has 1 N–H and O–H groups in total. The monoisotopic (exact) mass is 308 g/mol. The third-order valence-electron chi connectivity index (χ3n) is 4.40. The molecule has 0 saturated carbocycles. The fraction of sp³-hybridized carbons (Fsp3) is 0.800. The number of nitrogens with one attached hydrogen (secondary N) is 1. The van der Waals surface area contributed by atoms with Crippen LogP contribution in [0.4, 0.5) is 0 Å². The van der Waals surface area contributed by atoms with Crippen LogP contribution in [0.25, 0.3) is 0 Å². The van der Waals surface area contributed by atoms with E-state index in [-0.39, 0.29) is 11.9 Å². The molecule has 7 nitrogen and oxygen atoms in total. The SMILES string of the molecule is CCCC1C(=O)NCCN1Cc1noc(C2CCOCC2)n1. The predicted molar refractivity (Wildman–Crippen MR) is 79.2 cm³/mol. The number of rotatable bonds is 5. The zero-order valence-electron chi connectivity index (χ0n) is 13.1. The largest absolute Gasteiger partial charge is 0.381 e. The Morgan fingerprint density at radius 3 is 2.95 bits per heavy atom. The second-order valence-electron chi connectivity index (χ2n) is 6.00. The van der Waals surface area contributed by atoms with Crippen molar-refractivity contribution in [3.8, 4) is 0 Å². The molecular formula is C15H24N4O3. The Bertz CT molecular complexity index is 499. The van der Waals surface area contributed by atoms with Crippen LogP contribution in [0.15, 0.2) is 4.52 Å². The molecule has 0 radical (unpaired) electrons. The predicted octanol–water partition coefficient (Wildman–Crippen LogP) is 1.06. The highest BCUT2D eigenvalue weighted by molar-refractivity contribution is 5.82. The first-order chi connectivity index (χ1) is 10.8. The summed E-state index contributed by atoms with van der Waals surface area (Å²) in [5, 5.41) is 7.04. The molecule has 2 saturated heterocycles. The Morgan fingerprint density at radius 2 is 2.18 bits per heavy atom. The van der Waals surface area contributed by atoms with Crippen LogP contribution in [0.5, 0.6) is 0 Å². The number of hydrogen-bond donors (Lipinski definition) is 1. The van der Waals surface area contributed by atoms with Gasteiger partial charge in [0.25, 0.3) is 0 Å². The fourth-order valence-corrected chi connectivity index (χ4v) is 3.16.